The maximum atomic E-state index is 12.9. The summed E-state index contributed by atoms with van der Waals surface area (Å²) in [6.07, 6.45) is 4.00. The lowest BCUT2D eigenvalue weighted by atomic mass is 9.83. The summed E-state index contributed by atoms with van der Waals surface area (Å²) in [6, 6.07) is 23.0. The predicted octanol–water partition coefficient (Wildman–Crippen LogP) is 7.79. The number of amides is 1. The quantitative estimate of drug-likeness (QED) is 0.244. The second-order valence-electron chi connectivity index (χ2n) is 10.2. The number of ketones is 1. The molecule has 0 bridgehead atoms. The molecular weight excluding hydrogens is 515 g/mol. The molecule has 0 radical (unpaired) electrons. The Hall–Kier alpha value is -3.13. The number of carbonyl (C=O) groups excluding carboxylic acids is 2. The van der Waals surface area contributed by atoms with E-state index in [2.05, 4.69) is 13.0 Å². The van der Waals surface area contributed by atoms with Crippen LogP contribution in [0.2, 0.25) is 10.0 Å². The molecule has 0 spiro atoms. The van der Waals surface area contributed by atoms with Crippen LogP contribution in [0.25, 0.3) is 0 Å². The molecular formula is C32H32Cl2N2O2. The first-order valence-corrected chi connectivity index (χ1v) is 13.9. The summed E-state index contributed by atoms with van der Waals surface area (Å²) in [5, 5.41) is 10.5. The Morgan fingerprint density at radius 2 is 1.84 bits per heavy atom. The van der Waals surface area contributed by atoms with Crippen molar-refractivity contribution in [3.63, 3.8) is 0 Å². The van der Waals surface area contributed by atoms with Crippen molar-refractivity contribution in [3.05, 3.63) is 105 Å². The highest BCUT2D eigenvalue weighted by atomic mass is 35.5. The topological polar surface area (TPSA) is 61.2 Å². The summed E-state index contributed by atoms with van der Waals surface area (Å²) < 4.78 is 0. The molecule has 1 amide bonds. The van der Waals surface area contributed by atoms with Crippen LogP contribution in [-0.4, -0.2) is 29.7 Å². The van der Waals surface area contributed by atoms with Crippen LogP contribution in [0.5, 0.6) is 0 Å². The van der Waals surface area contributed by atoms with E-state index in [-0.39, 0.29) is 17.6 Å². The molecule has 2 atom stereocenters. The Balaban J connectivity index is 1.38. The molecule has 0 N–H and O–H groups in total. The number of rotatable bonds is 10. The Morgan fingerprint density at radius 3 is 2.58 bits per heavy atom. The van der Waals surface area contributed by atoms with E-state index in [4.69, 9.17) is 23.2 Å². The van der Waals surface area contributed by atoms with Crippen LogP contribution in [-0.2, 0) is 11.2 Å². The van der Waals surface area contributed by atoms with Crippen molar-refractivity contribution in [2.24, 2.45) is 5.92 Å². The molecule has 3 aromatic carbocycles. The van der Waals surface area contributed by atoms with Crippen molar-refractivity contribution in [2.45, 2.75) is 51.4 Å². The van der Waals surface area contributed by atoms with E-state index in [9.17, 15) is 14.9 Å². The number of halogens is 2. The third-order valence-corrected chi connectivity index (χ3v) is 8.06. The van der Waals surface area contributed by atoms with Crippen LogP contribution in [0.15, 0.2) is 66.7 Å². The van der Waals surface area contributed by atoms with Crippen molar-refractivity contribution >= 4 is 34.9 Å². The summed E-state index contributed by atoms with van der Waals surface area (Å²) in [5.41, 5.74) is 4.64. The standard InChI is InChI=1S/C32H32Cl2N2O2/c1-22-10-13-29(33)18-27(22)17-28(25-11-12-26(20-35)30(34)19-25)16-23-14-15-36(21-23)32(38)9-5-8-31(37)24-6-3-2-4-7-24/h2-4,6-7,10-13,18-19,23,28H,5,8-9,14-17,21H2,1H3. The lowest BCUT2D eigenvalue weighted by molar-refractivity contribution is -0.130. The van der Waals surface area contributed by atoms with E-state index in [0.29, 0.717) is 46.4 Å². The van der Waals surface area contributed by atoms with Gasteiger partial charge in [0.2, 0.25) is 5.91 Å². The van der Waals surface area contributed by atoms with Gasteiger partial charge in [-0.05, 0) is 85.4 Å². The van der Waals surface area contributed by atoms with Crippen molar-refractivity contribution < 1.29 is 9.59 Å². The first-order valence-electron chi connectivity index (χ1n) is 13.1. The lowest BCUT2D eigenvalue weighted by Gasteiger charge is -2.23. The number of carbonyl (C=O) groups is 2. The highest BCUT2D eigenvalue weighted by Crippen LogP contribution is 2.35. The van der Waals surface area contributed by atoms with E-state index in [1.54, 1.807) is 6.07 Å². The van der Waals surface area contributed by atoms with Gasteiger partial charge in [-0.3, -0.25) is 9.59 Å². The average molecular weight is 548 g/mol. The van der Waals surface area contributed by atoms with Gasteiger partial charge in [0, 0.05) is 36.5 Å². The number of nitriles is 1. The highest BCUT2D eigenvalue weighted by Gasteiger charge is 2.29. The van der Waals surface area contributed by atoms with Crippen LogP contribution in [0, 0.1) is 24.2 Å². The van der Waals surface area contributed by atoms with Crippen LogP contribution in [0.1, 0.15) is 70.6 Å². The zero-order valence-corrected chi connectivity index (χ0v) is 23.1. The number of aryl methyl sites for hydroxylation is 1. The van der Waals surface area contributed by atoms with Gasteiger partial charge in [0.05, 0.1) is 10.6 Å². The van der Waals surface area contributed by atoms with Crippen LogP contribution in [0.3, 0.4) is 0 Å². The highest BCUT2D eigenvalue weighted by molar-refractivity contribution is 6.31. The normalized spacial score (nSPS) is 15.7. The number of nitrogens with zero attached hydrogens (tertiary/aromatic N) is 2. The Kier molecular flexibility index (Phi) is 9.61. The van der Waals surface area contributed by atoms with Gasteiger partial charge in [-0.1, -0.05) is 65.7 Å². The van der Waals surface area contributed by atoms with E-state index in [0.717, 1.165) is 37.9 Å². The van der Waals surface area contributed by atoms with Gasteiger partial charge in [0.15, 0.2) is 5.78 Å². The maximum Gasteiger partial charge on any atom is 0.222 e. The molecule has 1 aliphatic rings. The van der Waals surface area contributed by atoms with Crippen molar-refractivity contribution in [1.29, 1.82) is 5.26 Å². The minimum Gasteiger partial charge on any atom is -0.342 e. The molecule has 2 unspecified atom stereocenters. The predicted molar refractivity (Wildman–Crippen MR) is 153 cm³/mol. The number of hydrogen-bond donors (Lipinski definition) is 0. The molecule has 0 aliphatic carbocycles. The Bertz CT molecular complexity index is 1330. The molecule has 3 aromatic rings. The zero-order valence-electron chi connectivity index (χ0n) is 21.6. The molecule has 4 nitrogen and oxygen atoms in total. The maximum absolute atomic E-state index is 12.9. The Morgan fingerprint density at radius 1 is 1.05 bits per heavy atom. The summed E-state index contributed by atoms with van der Waals surface area (Å²) in [5.74, 6) is 0.750. The van der Waals surface area contributed by atoms with Crippen molar-refractivity contribution in [1.82, 2.24) is 4.90 Å². The minimum atomic E-state index is 0.0814. The summed E-state index contributed by atoms with van der Waals surface area (Å²) in [6.45, 7) is 3.56. The summed E-state index contributed by atoms with van der Waals surface area (Å²) in [7, 11) is 0. The third-order valence-electron chi connectivity index (χ3n) is 7.51. The third kappa shape index (κ3) is 7.25. The van der Waals surface area contributed by atoms with Gasteiger partial charge in [0.1, 0.15) is 6.07 Å². The molecule has 1 saturated heterocycles. The summed E-state index contributed by atoms with van der Waals surface area (Å²) in [4.78, 5) is 27.2. The molecule has 1 fully saturated rings. The van der Waals surface area contributed by atoms with Gasteiger partial charge >= 0.3 is 0 Å². The van der Waals surface area contributed by atoms with Crippen molar-refractivity contribution in [3.8, 4) is 6.07 Å². The summed E-state index contributed by atoms with van der Waals surface area (Å²) >= 11 is 12.7. The first kappa shape index (κ1) is 27.9. The number of Topliss-reactive ketones (excluding diaryl/α,β-unsaturated/α-hetero) is 1. The van der Waals surface area contributed by atoms with Crippen LogP contribution >= 0.6 is 23.2 Å². The molecule has 1 aliphatic heterocycles. The first-order chi connectivity index (χ1) is 18.3. The molecule has 38 heavy (non-hydrogen) atoms. The van der Waals surface area contributed by atoms with E-state index in [1.807, 2.05) is 65.6 Å². The second kappa shape index (κ2) is 13.1. The van der Waals surface area contributed by atoms with E-state index >= 15 is 0 Å². The van der Waals surface area contributed by atoms with Gasteiger partial charge in [-0.25, -0.2) is 0 Å². The number of benzene rings is 3. The van der Waals surface area contributed by atoms with E-state index < -0.39 is 0 Å². The number of hydrogen-bond acceptors (Lipinski definition) is 3. The van der Waals surface area contributed by atoms with E-state index in [1.165, 1.54) is 11.1 Å². The molecule has 1 heterocycles. The second-order valence-corrected chi connectivity index (χ2v) is 11.0. The lowest BCUT2D eigenvalue weighted by Crippen LogP contribution is -2.28. The van der Waals surface area contributed by atoms with Crippen LogP contribution < -0.4 is 0 Å². The SMILES string of the molecule is Cc1ccc(Cl)cc1CC(CC1CCN(C(=O)CCCC(=O)c2ccccc2)C1)c1ccc(C#N)c(Cl)c1. The van der Waals surface area contributed by atoms with Gasteiger partial charge < -0.3 is 4.90 Å². The smallest absolute Gasteiger partial charge is 0.222 e. The molecule has 4 rings (SSSR count). The molecule has 0 aromatic heterocycles. The van der Waals surface area contributed by atoms with Gasteiger partial charge in [0.25, 0.3) is 0 Å². The average Bonchev–Trinajstić information content (AvgIpc) is 3.39. The largest absolute Gasteiger partial charge is 0.342 e. The Labute approximate surface area is 235 Å². The fourth-order valence-corrected chi connectivity index (χ4v) is 5.75. The van der Waals surface area contributed by atoms with Gasteiger partial charge in [-0.2, -0.15) is 5.26 Å². The fourth-order valence-electron chi connectivity index (χ4n) is 5.32. The van der Waals surface area contributed by atoms with Gasteiger partial charge in [-0.15, -0.1) is 0 Å². The molecule has 196 valence electrons. The van der Waals surface area contributed by atoms with Crippen molar-refractivity contribution in [2.75, 3.05) is 13.1 Å². The molecule has 6 heteroatoms. The molecule has 0 saturated carbocycles. The number of likely N-dealkylation sites (tertiary alicyclic amines) is 1. The monoisotopic (exact) mass is 546 g/mol. The zero-order chi connectivity index (χ0) is 27.1. The van der Waals surface area contributed by atoms with Crippen LogP contribution in [0.4, 0.5) is 0 Å². The minimum absolute atomic E-state index is 0.0814. The fraction of sp³-hybridized carbons (Fsp3) is 0.344.